The molecule has 0 spiro atoms. The molecule has 74 valence electrons. The second-order valence-electron chi connectivity index (χ2n) is 2.80. The molecule has 0 fully saturated rings. The number of phenolic OH excluding ortho intramolecular Hbond substituents is 1. The Morgan fingerprint density at radius 3 is 3.00 bits per heavy atom. The maximum absolute atomic E-state index is 9.57. The van der Waals surface area contributed by atoms with Crippen LogP contribution in [0.4, 0.5) is 0 Å². The Labute approximate surface area is 90.7 Å². The van der Waals surface area contributed by atoms with Crippen LogP contribution < -0.4 is 4.74 Å². The van der Waals surface area contributed by atoms with E-state index in [-0.39, 0.29) is 5.75 Å². The molecule has 0 saturated heterocycles. The van der Waals surface area contributed by atoms with Gasteiger partial charge in [-0.25, -0.2) is 0 Å². The topological polar surface area (TPSA) is 29.5 Å². The number of ether oxygens (including phenoxy) is 1. The van der Waals surface area contributed by atoms with Crippen molar-refractivity contribution in [2.24, 2.45) is 0 Å². The zero-order chi connectivity index (χ0) is 10.1. The van der Waals surface area contributed by atoms with E-state index in [1.807, 2.05) is 12.3 Å². The smallest absolute Gasteiger partial charge is 0.139 e. The highest BCUT2D eigenvalue weighted by molar-refractivity contribution is 7.18. The lowest BCUT2D eigenvalue weighted by Crippen LogP contribution is -1.89. The van der Waals surface area contributed by atoms with Crippen LogP contribution in [0, 0.1) is 0 Å². The van der Waals surface area contributed by atoms with Gasteiger partial charge in [-0.2, -0.15) is 0 Å². The quantitative estimate of drug-likeness (QED) is 0.850. The number of hydrogen-bond donors (Lipinski definition) is 1. The molecular weight excluding hydrogens is 220 g/mol. The predicted octanol–water partition coefficient (Wildman–Crippen LogP) is 3.66. The minimum Gasteiger partial charge on any atom is -0.506 e. The normalized spacial score (nSPS) is 10.7. The Kier molecular flexibility index (Phi) is 2.52. The van der Waals surface area contributed by atoms with Crippen LogP contribution in [0.1, 0.15) is 6.92 Å². The van der Waals surface area contributed by atoms with Crippen LogP contribution >= 0.6 is 22.9 Å². The van der Waals surface area contributed by atoms with E-state index in [9.17, 15) is 5.11 Å². The van der Waals surface area contributed by atoms with Gasteiger partial charge >= 0.3 is 0 Å². The maximum atomic E-state index is 9.57. The lowest BCUT2D eigenvalue weighted by atomic mass is 10.2. The summed E-state index contributed by atoms with van der Waals surface area (Å²) >= 11 is 7.46. The molecule has 0 amide bonds. The van der Waals surface area contributed by atoms with Gasteiger partial charge in [-0.15, -0.1) is 11.3 Å². The molecule has 1 heterocycles. The fraction of sp³-hybridized carbons (Fsp3) is 0.200. The van der Waals surface area contributed by atoms with Gasteiger partial charge in [-0.05, 0) is 19.1 Å². The molecule has 0 unspecified atom stereocenters. The molecule has 1 N–H and O–H groups in total. The number of rotatable bonds is 2. The van der Waals surface area contributed by atoms with Gasteiger partial charge in [-0.1, -0.05) is 11.6 Å². The minimum atomic E-state index is 0.250. The van der Waals surface area contributed by atoms with Crippen molar-refractivity contribution in [3.05, 3.63) is 22.5 Å². The number of thiophene rings is 1. The molecule has 0 aliphatic heterocycles. The lowest BCUT2D eigenvalue weighted by Gasteiger charge is -2.02. The van der Waals surface area contributed by atoms with E-state index in [0.717, 1.165) is 15.8 Å². The van der Waals surface area contributed by atoms with E-state index in [4.69, 9.17) is 16.3 Å². The number of hydrogen-bond acceptors (Lipinski definition) is 3. The van der Waals surface area contributed by atoms with Gasteiger partial charge in [0.15, 0.2) is 0 Å². The van der Waals surface area contributed by atoms with Crippen LogP contribution in [0.15, 0.2) is 17.5 Å². The molecule has 2 nitrogen and oxygen atoms in total. The van der Waals surface area contributed by atoms with Crippen molar-refractivity contribution in [3.8, 4) is 11.5 Å². The Hall–Kier alpha value is -0.930. The fourth-order valence-electron chi connectivity index (χ4n) is 1.33. The van der Waals surface area contributed by atoms with Gasteiger partial charge in [0.05, 0.1) is 21.7 Å². The first-order chi connectivity index (χ1) is 6.74. The summed E-state index contributed by atoms with van der Waals surface area (Å²) in [5, 5.41) is 12.9. The van der Waals surface area contributed by atoms with E-state index < -0.39 is 0 Å². The van der Waals surface area contributed by atoms with Crippen molar-refractivity contribution in [1.82, 2.24) is 0 Å². The van der Waals surface area contributed by atoms with Crippen LogP contribution in [0.25, 0.3) is 10.1 Å². The van der Waals surface area contributed by atoms with Gasteiger partial charge in [0.1, 0.15) is 11.5 Å². The highest BCUT2D eigenvalue weighted by Gasteiger charge is 2.11. The Morgan fingerprint density at radius 2 is 2.29 bits per heavy atom. The van der Waals surface area contributed by atoms with Gasteiger partial charge in [-0.3, -0.25) is 0 Å². The van der Waals surface area contributed by atoms with Crippen molar-refractivity contribution in [2.45, 2.75) is 6.92 Å². The van der Waals surface area contributed by atoms with Gasteiger partial charge in [0.2, 0.25) is 0 Å². The number of benzene rings is 1. The summed E-state index contributed by atoms with van der Waals surface area (Å²) < 4.78 is 6.19. The average Bonchev–Trinajstić information content (AvgIpc) is 2.58. The molecule has 2 rings (SSSR count). The predicted molar refractivity (Wildman–Crippen MR) is 59.7 cm³/mol. The summed E-state index contributed by atoms with van der Waals surface area (Å²) in [4.78, 5) is 0. The van der Waals surface area contributed by atoms with Crippen molar-refractivity contribution >= 4 is 33.0 Å². The first-order valence-electron chi connectivity index (χ1n) is 4.25. The van der Waals surface area contributed by atoms with Crippen molar-refractivity contribution in [2.75, 3.05) is 6.61 Å². The summed E-state index contributed by atoms with van der Waals surface area (Å²) in [7, 11) is 0. The third kappa shape index (κ3) is 1.42. The number of phenols is 1. The molecule has 1 aromatic carbocycles. The zero-order valence-electron chi connectivity index (χ0n) is 7.58. The highest BCUT2D eigenvalue weighted by atomic mass is 35.5. The summed E-state index contributed by atoms with van der Waals surface area (Å²) in [5.41, 5.74) is 0. The van der Waals surface area contributed by atoms with Crippen LogP contribution in [0.5, 0.6) is 11.5 Å². The molecule has 1 aromatic heterocycles. The van der Waals surface area contributed by atoms with Gasteiger partial charge < -0.3 is 9.84 Å². The number of aromatic hydroxyl groups is 1. The fourth-order valence-corrected chi connectivity index (χ4v) is 2.56. The van der Waals surface area contributed by atoms with Crippen LogP contribution in [-0.4, -0.2) is 11.7 Å². The first kappa shape index (κ1) is 9.62. The van der Waals surface area contributed by atoms with Gasteiger partial charge in [0, 0.05) is 5.38 Å². The second-order valence-corrected chi connectivity index (χ2v) is 4.09. The van der Waals surface area contributed by atoms with Crippen molar-refractivity contribution in [1.29, 1.82) is 0 Å². The van der Waals surface area contributed by atoms with Crippen molar-refractivity contribution < 1.29 is 9.84 Å². The molecule has 0 radical (unpaired) electrons. The average molecular weight is 229 g/mol. The maximum Gasteiger partial charge on any atom is 0.139 e. The van der Waals surface area contributed by atoms with Crippen LogP contribution in [0.3, 0.4) is 0 Å². The molecule has 0 aliphatic carbocycles. The lowest BCUT2D eigenvalue weighted by molar-refractivity contribution is 0.345. The molecule has 0 saturated carbocycles. The van der Waals surface area contributed by atoms with E-state index in [1.165, 1.54) is 11.3 Å². The first-order valence-corrected chi connectivity index (χ1v) is 5.51. The zero-order valence-corrected chi connectivity index (χ0v) is 9.15. The second kappa shape index (κ2) is 3.67. The van der Waals surface area contributed by atoms with Gasteiger partial charge in [0.25, 0.3) is 0 Å². The summed E-state index contributed by atoms with van der Waals surface area (Å²) in [6, 6.07) is 3.27. The van der Waals surface area contributed by atoms with Crippen LogP contribution in [-0.2, 0) is 0 Å². The van der Waals surface area contributed by atoms with E-state index >= 15 is 0 Å². The molecule has 0 bridgehead atoms. The van der Waals surface area contributed by atoms with Crippen LogP contribution in [0.2, 0.25) is 5.02 Å². The summed E-state index contributed by atoms with van der Waals surface area (Å²) in [5.74, 6) is 0.994. The number of fused-ring (bicyclic) bond motifs is 1. The monoisotopic (exact) mass is 228 g/mol. The molecule has 0 atom stereocenters. The largest absolute Gasteiger partial charge is 0.506 e. The third-order valence-corrected chi connectivity index (χ3v) is 3.21. The van der Waals surface area contributed by atoms with E-state index in [2.05, 4.69) is 0 Å². The minimum absolute atomic E-state index is 0.250. The Bertz CT molecular complexity index is 464. The number of halogens is 1. The van der Waals surface area contributed by atoms with E-state index in [0.29, 0.717) is 11.6 Å². The molecule has 2 aromatic rings. The Morgan fingerprint density at radius 1 is 1.50 bits per heavy atom. The van der Waals surface area contributed by atoms with E-state index in [1.54, 1.807) is 12.1 Å². The SMILES string of the molecule is CCOc1csc2c(O)ccc(Cl)c12. The summed E-state index contributed by atoms with van der Waals surface area (Å²) in [6.45, 7) is 2.51. The van der Waals surface area contributed by atoms with Crippen molar-refractivity contribution in [3.63, 3.8) is 0 Å². The molecule has 14 heavy (non-hydrogen) atoms. The molecular formula is C10H9ClO2S. The third-order valence-electron chi connectivity index (χ3n) is 1.92. The standard InChI is InChI=1S/C10H9ClO2S/c1-2-13-8-5-14-10-7(12)4-3-6(11)9(8)10/h3-5,12H,2H2,1H3. The Balaban J connectivity index is 2.70. The molecule has 4 heteroatoms. The molecule has 0 aliphatic rings. The highest BCUT2D eigenvalue weighted by Crippen LogP contribution is 2.41. The summed E-state index contributed by atoms with van der Waals surface area (Å²) in [6.07, 6.45) is 0.